The minimum Gasteiger partial charge on any atom is -0.321 e. The van der Waals surface area contributed by atoms with E-state index in [0.717, 1.165) is 18.2 Å². The summed E-state index contributed by atoms with van der Waals surface area (Å²) in [5.41, 5.74) is 5.85. The van der Waals surface area contributed by atoms with Gasteiger partial charge in [0.25, 0.3) is 0 Å². The Morgan fingerprint density at radius 3 is 2.54 bits per heavy atom. The minimum atomic E-state index is -0.207. The number of carbonyl (C=O) groups excluding carboxylic acids is 1. The lowest BCUT2D eigenvalue weighted by atomic mass is 9.70. The van der Waals surface area contributed by atoms with Gasteiger partial charge in [0.15, 0.2) is 5.78 Å². The number of Topliss-reactive ketones (excluding diaryl/α,β-unsaturated/α-hetero) is 1. The van der Waals surface area contributed by atoms with Crippen LogP contribution in [0.25, 0.3) is 0 Å². The van der Waals surface area contributed by atoms with Gasteiger partial charge in [-0.2, -0.15) is 0 Å². The van der Waals surface area contributed by atoms with E-state index >= 15 is 0 Å². The van der Waals surface area contributed by atoms with Crippen LogP contribution < -0.4 is 5.73 Å². The summed E-state index contributed by atoms with van der Waals surface area (Å²) in [5, 5.41) is 0.889. The maximum Gasteiger partial charge on any atom is 0.156 e. The van der Waals surface area contributed by atoms with Gasteiger partial charge < -0.3 is 5.73 Å². The molecular formula is C10H16BrNO. The molecule has 13 heavy (non-hydrogen) atoms. The van der Waals surface area contributed by atoms with Crippen molar-refractivity contribution in [3.05, 3.63) is 0 Å². The Hall–Kier alpha value is 0.110. The molecule has 74 valence electrons. The molecular weight excluding hydrogens is 230 g/mol. The van der Waals surface area contributed by atoms with Crippen LogP contribution in [0.15, 0.2) is 0 Å². The molecule has 0 amide bonds. The summed E-state index contributed by atoms with van der Waals surface area (Å²) in [7, 11) is 0. The monoisotopic (exact) mass is 245 g/mol. The Labute approximate surface area is 87.4 Å². The third-order valence-electron chi connectivity index (χ3n) is 4.59. The fourth-order valence-electron chi connectivity index (χ4n) is 3.24. The molecule has 2 bridgehead atoms. The van der Waals surface area contributed by atoms with Crippen LogP contribution >= 0.6 is 15.9 Å². The second kappa shape index (κ2) is 2.57. The summed E-state index contributed by atoms with van der Waals surface area (Å²) >= 11 is 3.54. The molecule has 0 saturated heterocycles. The highest BCUT2D eigenvalue weighted by molar-refractivity contribution is 9.09. The number of alkyl halides is 1. The molecule has 2 rings (SSSR count). The molecule has 4 atom stereocenters. The number of rotatable bonds is 1. The van der Waals surface area contributed by atoms with Crippen molar-refractivity contribution in [3.63, 3.8) is 0 Å². The van der Waals surface area contributed by atoms with E-state index < -0.39 is 0 Å². The van der Waals surface area contributed by atoms with Crippen molar-refractivity contribution in [1.29, 1.82) is 0 Å². The lowest BCUT2D eigenvalue weighted by Crippen LogP contribution is -2.39. The summed E-state index contributed by atoms with van der Waals surface area (Å²) < 4.78 is 0. The highest BCUT2D eigenvalue weighted by Crippen LogP contribution is 2.63. The van der Waals surface area contributed by atoms with E-state index in [1.54, 1.807) is 0 Å². The molecule has 2 N–H and O–H groups in total. The molecule has 0 aromatic heterocycles. The molecule has 2 aliphatic carbocycles. The van der Waals surface area contributed by atoms with Crippen molar-refractivity contribution in [2.45, 2.75) is 32.7 Å². The molecule has 2 aliphatic rings. The summed E-state index contributed by atoms with van der Waals surface area (Å²) in [6.45, 7) is 4.29. The van der Waals surface area contributed by atoms with Gasteiger partial charge in [-0.25, -0.2) is 0 Å². The van der Waals surface area contributed by atoms with Crippen LogP contribution in [0.1, 0.15) is 26.7 Å². The van der Waals surface area contributed by atoms with E-state index in [4.69, 9.17) is 5.73 Å². The van der Waals surface area contributed by atoms with Crippen LogP contribution in [0.4, 0.5) is 0 Å². The summed E-state index contributed by atoms with van der Waals surface area (Å²) in [5.74, 6) is 0.676. The van der Waals surface area contributed by atoms with E-state index in [1.165, 1.54) is 0 Å². The van der Waals surface area contributed by atoms with Crippen LogP contribution in [0.5, 0.6) is 0 Å². The maximum atomic E-state index is 11.9. The first kappa shape index (κ1) is 9.66. The fourth-order valence-corrected chi connectivity index (χ4v) is 4.27. The Morgan fingerprint density at radius 2 is 2.23 bits per heavy atom. The van der Waals surface area contributed by atoms with Gasteiger partial charge in [-0.3, -0.25) is 4.79 Å². The fraction of sp³-hybridized carbons (Fsp3) is 0.900. The number of ketones is 1. The van der Waals surface area contributed by atoms with Gasteiger partial charge >= 0.3 is 0 Å². The van der Waals surface area contributed by atoms with Crippen molar-refractivity contribution in [2.24, 2.45) is 22.5 Å². The van der Waals surface area contributed by atoms with E-state index in [2.05, 4.69) is 29.8 Å². The van der Waals surface area contributed by atoms with Gasteiger partial charge in [-0.05, 0) is 24.2 Å². The smallest absolute Gasteiger partial charge is 0.156 e. The molecule has 0 radical (unpaired) electrons. The molecule has 0 spiro atoms. The lowest BCUT2D eigenvalue weighted by Gasteiger charge is -2.34. The third-order valence-corrected chi connectivity index (χ3v) is 5.76. The normalized spacial score (nSPS) is 54.6. The number of nitrogens with two attached hydrogens (primary N) is 1. The van der Waals surface area contributed by atoms with Gasteiger partial charge in [0.05, 0.1) is 6.04 Å². The summed E-state index contributed by atoms with van der Waals surface area (Å²) in [6.07, 6.45) is 2.14. The number of hydrogen-bond donors (Lipinski definition) is 1. The average Bonchev–Trinajstić information content (AvgIpc) is 2.44. The topological polar surface area (TPSA) is 43.1 Å². The summed E-state index contributed by atoms with van der Waals surface area (Å²) in [4.78, 5) is 11.9. The van der Waals surface area contributed by atoms with E-state index in [1.807, 2.05) is 0 Å². The highest BCUT2D eigenvalue weighted by atomic mass is 79.9. The predicted molar refractivity (Wildman–Crippen MR) is 55.7 cm³/mol. The van der Waals surface area contributed by atoms with Gasteiger partial charge in [0, 0.05) is 10.7 Å². The van der Waals surface area contributed by atoms with Gasteiger partial charge in [0.1, 0.15) is 0 Å². The largest absolute Gasteiger partial charge is 0.321 e. The summed E-state index contributed by atoms with van der Waals surface area (Å²) in [6, 6.07) is -0.207. The first-order valence-corrected chi connectivity index (χ1v) is 5.95. The second-order valence-corrected chi connectivity index (χ2v) is 5.48. The maximum absolute atomic E-state index is 11.9. The van der Waals surface area contributed by atoms with E-state index in [-0.39, 0.29) is 22.7 Å². The molecule has 0 aromatic carbocycles. The zero-order chi connectivity index (χ0) is 9.85. The second-order valence-electron chi connectivity index (χ2n) is 4.92. The zero-order valence-electron chi connectivity index (χ0n) is 8.14. The van der Waals surface area contributed by atoms with Crippen LogP contribution in [0, 0.1) is 16.7 Å². The molecule has 0 heterocycles. The van der Waals surface area contributed by atoms with Crippen LogP contribution in [-0.2, 0) is 4.79 Å². The standard InChI is InChI=1S/C10H16BrNO/c1-9-4-3-6(7(12)8(9)13)10(9,2)5-11/h6-7H,3-5,12H2,1-2H3. The number of fused-ring (bicyclic) bond motifs is 2. The highest BCUT2D eigenvalue weighted by Gasteiger charge is 2.66. The predicted octanol–water partition coefficient (Wildman–Crippen LogP) is 1.71. The van der Waals surface area contributed by atoms with Gasteiger partial charge in [-0.1, -0.05) is 29.8 Å². The first-order valence-electron chi connectivity index (χ1n) is 4.83. The molecule has 2 saturated carbocycles. The average molecular weight is 246 g/mol. The van der Waals surface area contributed by atoms with Crippen molar-refractivity contribution >= 4 is 21.7 Å². The van der Waals surface area contributed by atoms with E-state index in [9.17, 15) is 4.79 Å². The molecule has 0 aliphatic heterocycles. The first-order chi connectivity index (χ1) is 5.97. The van der Waals surface area contributed by atoms with Crippen molar-refractivity contribution in [3.8, 4) is 0 Å². The molecule has 4 unspecified atom stereocenters. The third kappa shape index (κ3) is 0.852. The van der Waals surface area contributed by atoms with E-state index in [0.29, 0.717) is 5.92 Å². The van der Waals surface area contributed by atoms with Crippen LogP contribution in [0.3, 0.4) is 0 Å². The number of hydrogen-bond acceptors (Lipinski definition) is 2. The molecule has 2 nitrogen and oxygen atoms in total. The van der Waals surface area contributed by atoms with Gasteiger partial charge in [-0.15, -0.1) is 0 Å². The van der Waals surface area contributed by atoms with Crippen LogP contribution in [-0.4, -0.2) is 17.2 Å². The number of carbonyl (C=O) groups is 1. The Bertz CT molecular complexity index is 268. The van der Waals surface area contributed by atoms with Crippen molar-refractivity contribution in [2.75, 3.05) is 5.33 Å². The molecule has 0 aromatic rings. The SMILES string of the molecule is CC12CCC(C(N)C1=O)C2(C)CBr. The molecule has 3 heteroatoms. The van der Waals surface area contributed by atoms with Gasteiger partial charge in [0.2, 0.25) is 0 Å². The van der Waals surface area contributed by atoms with Crippen molar-refractivity contribution < 1.29 is 4.79 Å². The zero-order valence-corrected chi connectivity index (χ0v) is 9.73. The lowest BCUT2D eigenvalue weighted by molar-refractivity contribution is -0.129. The van der Waals surface area contributed by atoms with Crippen LogP contribution in [0.2, 0.25) is 0 Å². The number of halogens is 1. The Kier molecular flexibility index (Phi) is 1.91. The minimum absolute atomic E-state index is 0.0868. The quantitative estimate of drug-likeness (QED) is 0.716. The molecule has 2 fully saturated rings. The van der Waals surface area contributed by atoms with Crippen molar-refractivity contribution in [1.82, 2.24) is 0 Å². The Morgan fingerprint density at radius 1 is 1.62 bits per heavy atom. The Balaban J connectivity index is 2.49.